The van der Waals surface area contributed by atoms with Gasteiger partial charge in [0.1, 0.15) is 0 Å². The number of fused-ring (bicyclic) bond motifs is 1. The number of aliphatic hydroxyl groups is 1. The molecule has 132 valence electrons. The maximum absolute atomic E-state index is 10.5. The standard InChI is InChI=1S/C17H20ClN5O2/c1-9-3-14(16-10(2)22-25-17(16)20-9)21-13-4-11(5-15(13)24)7-23-8-12(18)6-19-23/h3,6,8,11,13,15,24H,4-5,7H2,1-2H3,(H,20,21)/t11?,13-,15-/m1/s1. The van der Waals surface area contributed by atoms with Gasteiger partial charge in [-0.15, -0.1) is 0 Å². The number of pyridine rings is 1. The maximum Gasteiger partial charge on any atom is 0.260 e. The molecule has 0 aromatic carbocycles. The lowest BCUT2D eigenvalue weighted by molar-refractivity contribution is 0.166. The molecular formula is C17H20ClN5O2. The second-order valence-electron chi connectivity index (χ2n) is 6.80. The first-order valence-corrected chi connectivity index (χ1v) is 8.73. The molecule has 3 heterocycles. The quantitative estimate of drug-likeness (QED) is 0.742. The lowest BCUT2D eigenvalue weighted by atomic mass is 10.1. The van der Waals surface area contributed by atoms with Gasteiger partial charge in [-0.05, 0) is 38.7 Å². The Morgan fingerprint density at radius 2 is 2.24 bits per heavy atom. The molecule has 0 radical (unpaired) electrons. The smallest absolute Gasteiger partial charge is 0.260 e. The predicted octanol–water partition coefficient (Wildman–Crippen LogP) is 2.94. The molecule has 1 unspecified atom stereocenters. The number of hydrogen-bond acceptors (Lipinski definition) is 6. The van der Waals surface area contributed by atoms with Crippen molar-refractivity contribution in [3.8, 4) is 0 Å². The third-order valence-electron chi connectivity index (χ3n) is 4.76. The molecule has 3 aromatic rings. The van der Waals surface area contributed by atoms with Crippen molar-refractivity contribution in [3.05, 3.63) is 34.9 Å². The van der Waals surface area contributed by atoms with Gasteiger partial charge in [0.05, 0.1) is 40.1 Å². The number of aliphatic hydroxyl groups excluding tert-OH is 1. The van der Waals surface area contributed by atoms with Crippen LogP contribution >= 0.6 is 11.6 Å². The Balaban J connectivity index is 1.52. The number of nitrogens with one attached hydrogen (secondary N) is 1. The van der Waals surface area contributed by atoms with Gasteiger partial charge in [-0.25, -0.2) is 4.98 Å². The van der Waals surface area contributed by atoms with Crippen molar-refractivity contribution >= 4 is 28.4 Å². The average molecular weight is 362 g/mol. The SMILES string of the molecule is Cc1cc(N[C@@H]2CC(Cn3cc(Cl)cn3)C[C@H]2O)c2c(C)noc2n1. The lowest BCUT2D eigenvalue weighted by Gasteiger charge is -2.18. The second-order valence-corrected chi connectivity index (χ2v) is 7.23. The average Bonchev–Trinajstić information content (AvgIpc) is 3.21. The molecule has 0 spiro atoms. The first kappa shape index (κ1) is 16.4. The summed E-state index contributed by atoms with van der Waals surface area (Å²) in [5.74, 6) is 0.338. The van der Waals surface area contributed by atoms with Crippen LogP contribution in [-0.2, 0) is 6.54 Å². The van der Waals surface area contributed by atoms with E-state index in [9.17, 15) is 5.11 Å². The van der Waals surface area contributed by atoms with Gasteiger partial charge in [-0.3, -0.25) is 4.68 Å². The van der Waals surface area contributed by atoms with E-state index in [2.05, 4.69) is 20.6 Å². The largest absolute Gasteiger partial charge is 0.391 e. The van der Waals surface area contributed by atoms with Crippen LogP contribution in [0.3, 0.4) is 0 Å². The maximum atomic E-state index is 10.5. The highest BCUT2D eigenvalue weighted by atomic mass is 35.5. The molecular weight excluding hydrogens is 342 g/mol. The van der Waals surface area contributed by atoms with Gasteiger partial charge in [-0.2, -0.15) is 5.10 Å². The number of halogens is 1. The minimum Gasteiger partial charge on any atom is -0.391 e. The molecule has 1 aliphatic rings. The minimum atomic E-state index is -0.417. The van der Waals surface area contributed by atoms with E-state index in [0.29, 0.717) is 16.7 Å². The summed E-state index contributed by atoms with van der Waals surface area (Å²) in [5, 5.41) is 23.7. The van der Waals surface area contributed by atoms with E-state index in [0.717, 1.165) is 41.8 Å². The van der Waals surface area contributed by atoms with E-state index in [-0.39, 0.29) is 6.04 Å². The number of nitrogens with zero attached hydrogens (tertiary/aromatic N) is 4. The molecule has 3 atom stereocenters. The lowest BCUT2D eigenvalue weighted by Crippen LogP contribution is -2.28. The van der Waals surface area contributed by atoms with E-state index >= 15 is 0 Å². The first-order valence-electron chi connectivity index (χ1n) is 8.36. The molecule has 1 aliphatic carbocycles. The molecule has 3 aromatic heterocycles. The van der Waals surface area contributed by atoms with Crippen LogP contribution in [0.1, 0.15) is 24.2 Å². The predicted molar refractivity (Wildman–Crippen MR) is 94.7 cm³/mol. The highest BCUT2D eigenvalue weighted by Gasteiger charge is 2.33. The Morgan fingerprint density at radius 3 is 3.00 bits per heavy atom. The van der Waals surface area contributed by atoms with E-state index < -0.39 is 6.10 Å². The van der Waals surface area contributed by atoms with E-state index in [1.165, 1.54) is 0 Å². The normalized spacial score (nSPS) is 23.4. The van der Waals surface area contributed by atoms with Crippen molar-refractivity contribution in [1.29, 1.82) is 0 Å². The van der Waals surface area contributed by atoms with Crippen LogP contribution in [0.2, 0.25) is 5.02 Å². The molecule has 0 bridgehead atoms. The van der Waals surface area contributed by atoms with Gasteiger partial charge >= 0.3 is 0 Å². The highest BCUT2D eigenvalue weighted by molar-refractivity contribution is 6.30. The van der Waals surface area contributed by atoms with Crippen LogP contribution in [-0.4, -0.2) is 37.2 Å². The van der Waals surface area contributed by atoms with Crippen molar-refractivity contribution in [2.24, 2.45) is 5.92 Å². The van der Waals surface area contributed by atoms with Gasteiger partial charge in [0.2, 0.25) is 0 Å². The summed E-state index contributed by atoms with van der Waals surface area (Å²) in [6.45, 7) is 4.56. The van der Waals surface area contributed by atoms with Gasteiger partial charge in [0.25, 0.3) is 5.71 Å². The number of aryl methyl sites for hydroxylation is 2. The van der Waals surface area contributed by atoms with Gasteiger partial charge in [0.15, 0.2) is 0 Å². The van der Waals surface area contributed by atoms with Crippen LogP contribution in [0, 0.1) is 19.8 Å². The van der Waals surface area contributed by atoms with Crippen LogP contribution in [0.25, 0.3) is 11.1 Å². The first-order chi connectivity index (χ1) is 12.0. The Kier molecular flexibility index (Phi) is 4.13. The molecule has 8 heteroatoms. The molecule has 4 rings (SSSR count). The van der Waals surface area contributed by atoms with Gasteiger partial charge < -0.3 is 14.9 Å². The third kappa shape index (κ3) is 3.21. The number of hydrogen-bond donors (Lipinski definition) is 2. The van der Waals surface area contributed by atoms with Crippen molar-refractivity contribution in [2.75, 3.05) is 5.32 Å². The molecule has 1 saturated carbocycles. The number of anilines is 1. The van der Waals surface area contributed by atoms with Gasteiger partial charge in [-0.1, -0.05) is 16.8 Å². The summed E-state index contributed by atoms with van der Waals surface area (Å²) >= 11 is 5.92. The summed E-state index contributed by atoms with van der Waals surface area (Å²) in [6.07, 6.45) is 4.61. The second kappa shape index (κ2) is 6.31. The topological polar surface area (TPSA) is 89.0 Å². The van der Waals surface area contributed by atoms with Crippen LogP contribution < -0.4 is 5.32 Å². The molecule has 7 nitrogen and oxygen atoms in total. The molecule has 0 saturated heterocycles. The van der Waals surface area contributed by atoms with Crippen molar-refractivity contribution < 1.29 is 9.63 Å². The van der Waals surface area contributed by atoms with Crippen molar-refractivity contribution in [2.45, 2.75) is 45.4 Å². The molecule has 0 amide bonds. The summed E-state index contributed by atoms with van der Waals surface area (Å²) in [4.78, 5) is 4.37. The minimum absolute atomic E-state index is 0.0321. The number of aromatic nitrogens is 4. The molecule has 1 fully saturated rings. The zero-order chi connectivity index (χ0) is 17.6. The molecule has 2 N–H and O–H groups in total. The summed E-state index contributed by atoms with van der Waals surface area (Å²) in [6, 6.07) is 1.94. The molecule has 25 heavy (non-hydrogen) atoms. The van der Waals surface area contributed by atoms with Gasteiger partial charge in [0, 0.05) is 18.4 Å². The van der Waals surface area contributed by atoms with Crippen LogP contribution in [0.4, 0.5) is 5.69 Å². The zero-order valence-corrected chi connectivity index (χ0v) is 14.9. The Hall–Kier alpha value is -2.12. The highest BCUT2D eigenvalue weighted by Crippen LogP contribution is 2.33. The van der Waals surface area contributed by atoms with E-state index in [4.69, 9.17) is 16.1 Å². The third-order valence-corrected chi connectivity index (χ3v) is 4.95. The fraction of sp³-hybridized carbons (Fsp3) is 0.471. The Morgan fingerprint density at radius 1 is 1.40 bits per heavy atom. The van der Waals surface area contributed by atoms with Crippen molar-refractivity contribution in [1.82, 2.24) is 19.9 Å². The van der Waals surface area contributed by atoms with E-state index in [1.54, 1.807) is 6.20 Å². The Labute approximate surface area is 150 Å². The summed E-state index contributed by atoms with van der Waals surface area (Å²) < 4.78 is 7.11. The monoisotopic (exact) mass is 361 g/mol. The fourth-order valence-corrected chi connectivity index (χ4v) is 3.81. The summed E-state index contributed by atoms with van der Waals surface area (Å²) in [5.41, 5.74) is 3.07. The van der Waals surface area contributed by atoms with Crippen LogP contribution in [0.15, 0.2) is 23.0 Å². The van der Waals surface area contributed by atoms with Crippen LogP contribution in [0.5, 0.6) is 0 Å². The van der Waals surface area contributed by atoms with Crippen molar-refractivity contribution in [3.63, 3.8) is 0 Å². The zero-order valence-electron chi connectivity index (χ0n) is 14.1. The fourth-order valence-electron chi connectivity index (χ4n) is 3.66. The Bertz CT molecular complexity index is 906. The number of rotatable bonds is 4. The molecule has 0 aliphatic heterocycles. The van der Waals surface area contributed by atoms with E-state index in [1.807, 2.05) is 30.8 Å². The summed E-state index contributed by atoms with van der Waals surface area (Å²) in [7, 11) is 0.